The molecule has 1 aliphatic heterocycles. The summed E-state index contributed by atoms with van der Waals surface area (Å²) in [5, 5.41) is 9.43. The third-order valence-electron chi connectivity index (χ3n) is 2.69. The Hall–Kier alpha value is -1.07. The number of amidine groups is 1. The number of aliphatic imine (C=N–C) groups is 1. The standard InChI is InChI=1S/C12H22N2O3.C2H6/c1-4-11(15)9-17-10(2)12(13-3)14-5-7-16-8-6-14;1-2/h11,15H,2,4-9H2,1,3H3;1-2H3. The summed E-state index contributed by atoms with van der Waals surface area (Å²) in [6, 6.07) is 0. The van der Waals surface area contributed by atoms with Crippen molar-refractivity contribution in [2.24, 2.45) is 4.99 Å². The molecule has 0 aromatic heterocycles. The molecule has 0 aromatic carbocycles. The van der Waals surface area contributed by atoms with E-state index in [0.29, 0.717) is 25.4 Å². The van der Waals surface area contributed by atoms with E-state index in [4.69, 9.17) is 9.47 Å². The Morgan fingerprint density at radius 2 is 2.00 bits per heavy atom. The van der Waals surface area contributed by atoms with Gasteiger partial charge in [0.15, 0.2) is 11.6 Å². The lowest BCUT2D eigenvalue weighted by Crippen LogP contribution is -2.42. The van der Waals surface area contributed by atoms with Crippen LogP contribution in [0.4, 0.5) is 0 Å². The summed E-state index contributed by atoms with van der Waals surface area (Å²) in [5.74, 6) is 1.26. The molecule has 5 nitrogen and oxygen atoms in total. The van der Waals surface area contributed by atoms with E-state index >= 15 is 0 Å². The Labute approximate surface area is 116 Å². The predicted molar refractivity (Wildman–Crippen MR) is 78.5 cm³/mol. The van der Waals surface area contributed by atoms with Crippen LogP contribution in [0.15, 0.2) is 17.3 Å². The quantitative estimate of drug-likeness (QED) is 0.470. The molecule has 19 heavy (non-hydrogen) atoms. The minimum atomic E-state index is -0.449. The normalized spacial score (nSPS) is 17.3. The molecule has 1 aliphatic rings. The number of hydrogen-bond acceptors (Lipinski definition) is 4. The van der Waals surface area contributed by atoms with Gasteiger partial charge >= 0.3 is 0 Å². The van der Waals surface area contributed by atoms with Gasteiger partial charge in [0.2, 0.25) is 0 Å². The fourth-order valence-electron chi connectivity index (χ4n) is 1.60. The third kappa shape index (κ3) is 6.59. The van der Waals surface area contributed by atoms with Gasteiger partial charge in [-0.3, -0.25) is 4.99 Å². The molecule has 1 N–H and O–H groups in total. The highest BCUT2D eigenvalue weighted by molar-refractivity contribution is 5.96. The molecule has 1 heterocycles. The van der Waals surface area contributed by atoms with Crippen LogP contribution in [-0.4, -0.2) is 61.9 Å². The maximum absolute atomic E-state index is 9.43. The molecule has 1 unspecified atom stereocenters. The molecule has 0 bridgehead atoms. The molecule has 0 radical (unpaired) electrons. The Morgan fingerprint density at radius 1 is 1.42 bits per heavy atom. The van der Waals surface area contributed by atoms with Gasteiger partial charge in [-0.05, 0) is 6.42 Å². The van der Waals surface area contributed by atoms with Gasteiger partial charge in [0.05, 0.1) is 19.3 Å². The van der Waals surface area contributed by atoms with Crippen molar-refractivity contribution in [2.45, 2.75) is 33.3 Å². The van der Waals surface area contributed by atoms with Crippen LogP contribution in [-0.2, 0) is 9.47 Å². The van der Waals surface area contributed by atoms with Gasteiger partial charge < -0.3 is 19.5 Å². The second kappa shape index (κ2) is 10.8. The number of aliphatic hydroxyl groups is 1. The van der Waals surface area contributed by atoms with E-state index in [2.05, 4.69) is 16.5 Å². The summed E-state index contributed by atoms with van der Waals surface area (Å²) in [5.41, 5.74) is 0. The van der Waals surface area contributed by atoms with Gasteiger partial charge in [0.1, 0.15) is 6.61 Å². The topological polar surface area (TPSA) is 54.3 Å². The molecule has 1 rings (SSSR count). The van der Waals surface area contributed by atoms with Crippen molar-refractivity contribution in [3.05, 3.63) is 12.3 Å². The molecule has 1 saturated heterocycles. The zero-order valence-corrected chi connectivity index (χ0v) is 12.7. The number of aliphatic hydroxyl groups excluding tert-OH is 1. The first kappa shape index (κ1) is 17.9. The fourth-order valence-corrected chi connectivity index (χ4v) is 1.60. The Balaban J connectivity index is 0.00000154. The Morgan fingerprint density at radius 3 is 2.47 bits per heavy atom. The molecule has 112 valence electrons. The van der Waals surface area contributed by atoms with Gasteiger partial charge in [-0.1, -0.05) is 27.4 Å². The Bertz CT molecular complexity index is 274. The van der Waals surface area contributed by atoms with Crippen LogP contribution in [0.25, 0.3) is 0 Å². The summed E-state index contributed by atoms with van der Waals surface area (Å²) < 4.78 is 10.7. The monoisotopic (exact) mass is 272 g/mol. The first-order valence-corrected chi connectivity index (χ1v) is 6.98. The van der Waals surface area contributed by atoms with Crippen molar-refractivity contribution in [1.29, 1.82) is 0 Å². The fraction of sp³-hybridized carbons (Fsp3) is 0.786. The summed E-state index contributed by atoms with van der Waals surface area (Å²) in [6.07, 6.45) is 0.221. The zero-order chi connectivity index (χ0) is 14.7. The molecule has 0 saturated carbocycles. The van der Waals surface area contributed by atoms with E-state index < -0.39 is 6.10 Å². The predicted octanol–water partition coefficient (Wildman–Crippen LogP) is 1.67. The maximum Gasteiger partial charge on any atom is 0.166 e. The van der Waals surface area contributed by atoms with Crippen LogP contribution < -0.4 is 0 Å². The van der Waals surface area contributed by atoms with E-state index in [-0.39, 0.29) is 6.61 Å². The Kier molecular flexibility index (Phi) is 10.2. The molecule has 5 heteroatoms. The molecular weight excluding hydrogens is 244 g/mol. The SMILES string of the molecule is C=C(OCC(O)CC)C(=NC)N1CCOCC1.CC. The maximum atomic E-state index is 9.43. The average molecular weight is 272 g/mol. The highest BCUT2D eigenvalue weighted by atomic mass is 16.5. The van der Waals surface area contributed by atoms with E-state index in [9.17, 15) is 5.11 Å². The van der Waals surface area contributed by atoms with E-state index in [1.165, 1.54) is 0 Å². The summed E-state index contributed by atoms with van der Waals surface area (Å²) >= 11 is 0. The van der Waals surface area contributed by atoms with Gasteiger partial charge in [-0.15, -0.1) is 0 Å². The lowest BCUT2D eigenvalue weighted by Gasteiger charge is -2.30. The minimum absolute atomic E-state index is 0.263. The average Bonchev–Trinajstić information content (AvgIpc) is 2.48. The van der Waals surface area contributed by atoms with Gasteiger partial charge in [0.25, 0.3) is 0 Å². The molecule has 0 spiro atoms. The van der Waals surface area contributed by atoms with Crippen LogP contribution in [0.5, 0.6) is 0 Å². The van der Waals surface area contributed by atoms with Crippen molar-refractivity contribution in [1.82, 2.24) is 4.90 Å². The largest absolute Gasteiger partial charge is 0.488 e. The smallest absolute Gasteiger partial charge is 0.166 e. The van der Waals surface area contributed by atoms with Crippen LogP contribution >= 0.6 is 0 Å². The molecule has 0 aliphatic carbocycles. The van der Waals surface area contributed by atoms with Crippen LogP contribution in [0.2, 0.25) is 0 Å². The molecule has 0 aromatic rings. The van der Waals surface area contributed by atoms with Crippen molar-refractivity contribution in [2.75, 3.05) is 40.0 Å². The van der Waals surface area contributed by atoms with Crippen molar-refractivity contribution in [3.63, 3.8) is 0 Å². The summed E-state index contributed by atoms with van der Waals surface area (Å²) in [6.45, 7) is 13.0. The first-order valence-electron chi connectivity index (χ1n) is 6.98. The van der Waals surface area contributed by atoms with Gasteiger partial charge in [0, 0.05) is 20.1 Å². The number of nitrogens with zero attached hydrogens (tertiary/aromatic N) is 2. The summed E-state index contributed by atoms with van der Waals surface area (Å²) in [7, 11) is 1.72. The van der Waals surface area contributed by atoms with Gasteiger partial charge in [-0.25, -0.2) is 0 Å². The minimum Gasteiger partial charge on any atom is -0.488 e. The molecule has 1 fully saturated rings. The number of morpholine rings is 1. The number of rotatable bonds is 5. The van der Waals surface area contributed by atoms with Crippen LogP contribution in [0.3, 0.4) is 0 Å². The van der Waals surface area contributed by atoms with E-state index in [1.54, 1.807) is 7.05 Å². The highest BCUT2D eigenvalue weighted by Gasteiger charge is 2.18. The highest BCUT2D eigenvalue weighted by Crippen LogP contribution is 2.08. The number of ether oxygens (including phenoxy) is 2. The first-order chi connectivity index (χ1) is 9.19. The second-order valence-corrected chi connectivity index (χ2v) is 3.94. The third-order valence-corrected chi connectivity index (χ3v) is 2.69. The van der Waals surface area contributed by atoms with E-state index in [0.717, 1.165) is 18.9 Å². The van der Waals surface area contributed by atoms with E-state index in [1.807, 2.05) is 20.8 Å². The molecular formula is C14H28N2O3. The van der Waals surface area contributed by atoms with Gasteiger partial charge in [-0.2, -0.15) is 0 Å². The van der Waals surface area contributed by atoms with Crippen LogP contribution in [0.1, 0.15) is 27.2 Å². The molecule has 1 atom stereocenters. The van der Waals surface area contributed by atoms with Crippen LogP contribution in [0, 0.1) is 0 Å². The van der Waals surface area contributed by atoms with Crippen molar-refractivity contribution < 1.29 is 14.6 Å². The zero-order valence-electron chi connectivity index (χ0n) is 12.7. The molecule has 0 amide bonds. The van der Waals surface area contributed by atoms with Crippen molar-refractivity contribution >= 4 is 5.84 Å². The lowest BCUT2D eigenvalue weighted by atomic mass is 10.3. The van der Waals surface area contributed by atoms with Crippen molar-refractivity contribution in [3.8, 4) is 0 Å². The number of hydrogen-bond donors (Lipinski definition) is 1. The lowest BCUT2D eigenvalue weighted by molar-refractivity contribution is 0.0589. The second-order valence-electron chi connectivity index (χ2n) is 3.94. The summed E-state index contributed by atoms with van der Waals surface area (Å²) in [4.78, 5) is 6.28.